The minimum absolute atomic E-state index is 0.000997. The lowest BCUT2D eigenvalue weighted by atomic mass is 9.86. The van der Waals surface area contributed by atoms with E-state index in [9.17, 15) is 4.79 Å². The van der Waals surface area contributed by atoms with E-state index < -0.39 is 0 Å². The van der Waals surface area contributed by atoms with Crippen LogP contribution >= 0.6 is 0 Å². The topological polar surface area (TPSA) is 73.6 Å². The van der Waals surface area contributed by atoms with E-state index in [4.69, 9.17) is 15.2 Å². The summed E-state index contributed by atoms with van der Waals surface area (Å²) in [7, 11) is 0. The fourth-order valence-corrected chi connectivity index (χ4v) is 4.41. The molecule has 2 fully saturated rings. The van der Waals surface area contributed by atoms with Gasteiger partial charge in [0, 0.05) is 18.5 Å². The van der Waals surface area contributed by atoms with Crippen LogP contribution in [0.1, 0.15) is 56.6 Å². The van der Waals surface area contributed by atoms with Crippen LogP contribution in [-0.4, -0.2) is 30.3 Å². The third kappa shape index (κ3) is 2.91. The first-order valence-electron chi connectivity index (χ1n) is 9.13. The predicted octanol–water partition coefficient (Wildman–Crippen LogP) is 2.45. The smallest absolute Gasteiger partial charge is 0.249 e. The Kier molecular flexibility index (Phi) is 4.22. The van der Waals surface area contributed by atoms with Crippen molar-refractivity contribution >= 4 is 5.91 Å². The lowest BCUT2D eigenvalue weighted by Gasteiger charge is -2.40. The van der Waals surface area contributed by atoms with Crippen LogP contribution in [0.25, 0.3) is 0 Å². The van der Waals surface area contributed by atoms with E-state index in [2.05, 4.69) is 11.4 Å². The van der Waals surface area contributed by atoms with Gasteiger partial charge in [-0.2, -0.15) is 0 Å². The Balaban J connectivity index is 1.52. The molecule has 0 radical (unpaired) electrons. The van der Waals surface area contributed by atoms with Gasteiger partial charge in [0.05, 0.1) is 12.1 Å². The number of nitrogens with two attached hydrogens (primary N) is 1. The summed E-state index contributed by atoms with van der Waals surface area (Å²) in [6.45, 7) is 0.479. The molecule has 24 heavy (non-hydrogen) atoms. The number of hydrogen-bond acceptors (Lipinski definition) is 4. The lowest BCUT2D eigenvalue weighted by molar-refractivity contribution is -0.133. The Hall–Kier alpha value is -1.59. The molecule has 1 aromatic rings. The van der Waals surface area contributed by atoms with Gasteiger partial charge < -0.3 is 20.5 Å². The highest BCUT2D eigenvalue weighted by Gasteiger charge is 2.44. The van der Waals surface area contributed by atoms with Crippen LogP contribution in [0, 0.1) is 0 Å². The average Bonchev–Trinajstić information content (AvgIpc) is 3.24. The summed E-state index contributed by atoms with van der Waals surface area (Å²) in [6, 6.07) is 8.08. The average molecular weight is 330 g/mol. The second-order valence-electron chi connectivity index (χ2n) is 7.36. The number of nitrogens with one attached hydrogen (secondary N) is 1. The van der Waals surface area contributed by atoms with Gasteiger partial charge in [-0.15, -0.1) is 0 Å². The second-order valence-corrected chi connectivity index (χ2v) is 7.36. The fraction of sp³-hybridized carbons (Fsp3) is 0.632. The Morgan fingerprint density at radius 1 is 1.25 bits per heavy atom. The lowest BCUT2D eigenvalue weighted by Crippen LogP contribution is -2.45. The van der Waals surface area contributed by atoms with Crippen LogP contribution in [-0.2, 0) is 9.53 Å². The molecule has 1 aliphatic carbocycles. The maximum atomic E-state index is 12.7. The molecule has 1 spiro atoms. The van der Waals surface area contributed by atoms with E-state index in [0.29, 0.717) is 6.54 Å². The molecule has 0 aromatic heterocycles. The van der Waals surface area contributed by atoms with Crippen molar-refractivity contribution in [3.63, 3.8) is 0 Å². The largest absolute Gasteiger partial charge is 0.487 e. The SMILES string of the molecule is NC[C@H]1CC[C@@H](C(=O)NC2CC3(CCCC3)Oc3ccccc32)O1. The van der Waals surface area contributed by atoms with Gasteiger partial charge in [-0.05, 0) is 44.6 Å². The summed E-state index contributed by atoms with van der Waals surface area (Å²) in [4.78, 5) is 12.7. The zero-order chi connectivity index (χ0) is 16.6. The minimum atomic E-state index is -0.368. The second kappa shape index (κ2) is 6.37. The van der Waals surface area contributed by atoms with E-state index in [1.807, 2.05) is 18.2 Å². The number of benzene rings is 1. The number of para-hydroxylation sites is 1. The van der Waals surface area contributed by atoms with Gasteiger partial charge in [0.25, 0.3) is 0 Å². The number of carbonyl (C=O) groups is 1. The molecule has 1 saturated heterocycles. The van der Waals surface area contributed by atoms with Crippen molar-refractivity contribution in [2.45, 2.75) is 68.8 Å². The van der Waals surface area contributed by atoms with Gasteiger partial charge in [0.2, 0.25) is 5.91 Å². The normalized spacial score (nSPS) is 30.8. The monoisotopic (exact) mass is 330 g/mol. The minimum Gasteiger partial charge on any atom is -0.487 e. The van der Waals surface area contributed by atoms with Gasteiger partial charge in [0.15, 0.2) is 0 Å². The molecule has 1 amide bonds. The quantitative estimate of drug-likeness (QED) is 0.893. The van der Waals surface area contributed by atoms with Crippen LogP contribution in [0.15, 0.2) is 24.3 Å². The summed E-state index contributed by atoms with van der Waals surface area (Å²) in [5.41, 5.74) is 6.62. The van der Waals surface area contributed by atoms with Crippen LogP contribution in [0.4, 0.5) is 0 Å². The summed E-state index contributed by atoms with van der Waals surface area (Å²) in [5, 5.41) is 3.23. The zero-order valence-electron chi connectivity index (χ0n) is 14.0. The highest BCUT2D eigenvalue weighted by Crippen LogP contribution is 2.47. The van der Waals surface area contributed by atoms with Crippen molar-refractivity contribution in [2.75, 3.05) is 6.54 Å². The first-order valence-corrected chi connectivity index (χ1v) is 9.13. The van der Waals surface area contributed by atoms with Crippen LogP contribution in [0.3, 0.4) is 0 Å². The zero-order valence-corrected chi connectivity index (χ0v) is 14.0. The van der Waals surface area contributed by atoms with Gasteiger partial charge >= 0.3 is 0 Å². The molecule has 2 heterocycles. The molecule has 2 aliphatic heterocycles. The fourth-order valence-electron chi connectivity index (χ4n) is 4.41. The number of carbonyl (C=O) groups excluding carboxylic acids is 1. The van der Waals surface area contributed by atoms with Gasteiger partial charge in [-0.25, -0.2) is 0 Å². The maximum Gasteiger partial charge on any atom is 0.249 e. The van der Waals surface area contributed by atoms with Crippen LogP contribution < -0.4 is 15.8 Å². The Bertz CT molecular complexity index is 612. The summed E-state index contributed by atoms with van der Waals surface area (Å²) < 4.78 is 12.1. The van der Waals surface area contributed by atoms with Crippen LogP contribution in [0.2, 0.25) is 0 Å². The molecule has 0 bridgehead atoms. The molecule has 1 unspecified atom stereocenters. The van der Waals surface area contributed by atoms with E-state index >= 15 is 0 Å². The highest BCUT2D eigenvalue weighted by atomic mass is 16.5. The van der Waals surface area contributed by atoms with E-state index in [1.54, 1.807) is 0 Å². The number of ether oxygens (including phenoxy) is 2. The summed E-state index contributed by atoms with van der Waals surface area (Å²) in [5.74, 6) is 0.906. The third-order valence-corrected chi connectivity index (χ3v) is 5.69. The van der Waals surface area contributed by atoms with Crippen molar-refractivity contribution in [1.82, 2.24) is 5.32 Å². The first-order chi connectivity index (χ1) is 11.7. The molecule has 5 heteroatoms. The standard InChI is InChI=1S/C19H26N2O3/c20-12-13-7-8-17(23-13)18(22)21-15-11-19(9-3-4-10-19)24-16-6-2-1-5-14(15)16/h1-2,5-6,13,15,17H,3-4,7-12,20H2,(H,21,22)/t13-,15?,17+/m1/s1. The van der Waals surface area contributed by atoms with Gasteiger partial charge in [-0.1, -0.05) is 18.2 Å². The Morgan fingerprint density at radius 3 is 2.79 bits per heavy atom. The van der Waals surface area contributed by atoms with Crippen molar-refractivity contribution in [3.8, 4) is 5.75 Å². The molecule has 3 N–H and O–H groups in total. The number of rotatable bonds is 3. The molecule has 1 saturated carbocycles. The van der Waals surface area contributed by atoms with Crippen molar-refractivity contribution in [3.05, 3.63) is 29.8 Å². The van der Waals surface area contributed by atoms with Crippen LogP contribution in [0.5, 0.6) is 5.75 Å². The Labute approximate surface area is 142 Å². The molecule has 1 aromatic carbocycles. The van der Waals surface area contributed by atoms with E-state index in [0.717, 1.165) is 43.4 Å². The first kappa shape index (κ1) is 15.9. The van der Waals surface area contributed by atoms with Crippen molar-refractivity contribution in [1.29, 1.82) is 0 Å². The summed E-state index contributed by atoms with van der Waals surface area (Å²) >= 11 is 0. The van der Waals surface area contributed by atoms with E-state index in [-0.39, 0.29) is 29.8 Å². The van der Waals surface area contributed by atoms with Crippen molar-refractivity contribution < 1.29 is 14.3 Å². The molecular weight excluding hydrogens is 304 g/mol. The Morgan fingerprint density at radius 2 is 2.04 bits per heavy atom. The van der Waals surface area contributed by atoms with Gasteiger partial charge in [0.1, 0.15) is 17.5 Å². The number of hydrogen-bond donors (Lipinski definition) is 2. The number of fused-ring (bicyclic) bond motifs is 1. The molecule has 4 rings (SSSR count). The molecular formula is C19H26N2O3. The van der Waals surface area contributed by atoms with E-state index in [1.165, 1.54) is 12.8 Å². The molecule has 3 atom stereocenters. The molecule has 5 nitrogen and oxygen atoms in total. The predicted molar refractivity (Wildman–Crippen MR) is 90.7 cm³/mol. The summed E-state index contributed by atoms with van der Waals surface area (Å²) in [6.07, 6.45) is 6.66. The molecule has 130 valence electrons. The highest BCUT2D eigenvalue weighted by molar-refractivity contribution is 5.81. The van der Waals surface area contributed by atoms with Gasteiger partial charge in [-0.3, -0.25) is 4.79 Å². The maximum absolute atomic E-state index is 12.7. The molecule has 3 aliphatic rings. The third-order valence-electron chi connectivity index (χ3n) is 5.69. The number of amides is 1. The van der Waals surface area contributed by atoms with Crippen molar-refractivity contribution in [2.24, 2.45) is 5.73 Å².